The van der Waals surface area contributed by atoms with Gasteiger partial charge in [0, 0.05) is 41.6 Å². The fraction of sp³-hybridized carbons (Fsp3) is 0.207. The van der Waals surface area contributed by atoms with Crippen LogP contribution >= 0.6 is 34.4 Å². The van der Waals surface area contributed by atoms with Crippen molar-refractivity contribution in [3.05, 3.63) is 68.8 Å². The van der Waals surface area contributed by atoms with Gasteiger partial charge in [-0.05, 0) is 23.8 Å². The monoisotopic (exact) mass is 728 g/mol. The van der Waals surface area contributed by atoms with Crippen LogP contribution in [0.25, 0.3) is 6.08 Å². The van der Waals surface area contributed by atoms with Gasteiger partial charge < -0.3 is 35.6 Å². The Bertz CT molecular complexity index is 1940. The third kappa shape index (κ3) is 7.77. The van der Waals surface area contributed by atoms with Gasteiger partial charge in [0.1, 0.15) is 22.8 Å². The quantitative estimate of drug-likeness (QED) is 0.0685. The molecule has 1 fully saturated rings. The van der Waals surface area contributed by atoms with Crippen LogP contribution in [0.15, 0.2) is 57.8 Å². The van der Waals surface area contributed by atoms with E-state index in [-0.39, 0.29) is 39.3 Å². The van der Waals surface area contributed by atoms with Gasteiger partial charge in [0.2, 0.25) is 6.10 Å². The first kappa shape index (κ1) is 34.7. The number of hydrogen-bond acceptors (Lipinski definition) is 16. The van der Waals surface area contributed by atoms with Crippen molar-refractivity contribution >= 4 is 87.0 Å². The maximum atomic E-state index is 13.6. The number of ether oxygens (including phenoxy) is 2. The minimum Gasteiger partial charge on any atom is -0.478 e. The molecule has 0 aliphatic carbocycles. The number of amides is 2. The van der Waals surface area contributed by atoms with Gasteiger partial charge in [-0.2, -0.15) is 0 Å². The summed E-state index contributed by atoms with van der Waals surface area (Å²) in [5.74, 6) is -6.31. The average Bonchev–Trinajstić information content (AvgIpc) is 3.72. The van der Waals surface area contributed by atoms with Crippen LogP contribution in [0.5, 0.6) is 11.5 Å². The fourth-order valence-corrected chi connectivity index (χ4v) is 6.97. The summed E-state index contributed by atoms with van der Waals surface area (Å²) in [5.41, 5.74) is 6.80. The number of hydrogen-bond donors (Lipinski definition) is 4. The molecule has 1 saturated heterocycles. The molecule has 5 N–H and O–H groups in total. The number of nitrogens with two attached hydrogens (primary N) is 1. The van der Waals surface area contributed by atoms with E-state index in [9.17, 15) is 39.0 Å². The first-order valence-electron chi connectivity index (χ1n) is 13.8. The minimum atomic E-state index is -1.88. The second kappa shape index (κ2) is 14.7. The molecule has 2 aliphatic heterocycles. The number of thiazole rings is 2. The van der Waals surface area contributed by atoms with Crippen LogP contribution in [0.3, 0.4) is 0 Å². The molecule has 4 heterocycles. The van der Waals surface area contributed by atoms with E-state index in [1.54, 1.807) is 23.9 Å². The van der Waals surface area contributed by atoms with Crippen molar-refractivity contribution in [1.82, 2.24) is 20.2 Å². The lowest BCUT2D eigenvalue weighted by Crippen LogP contribution is -2.71. The predicted octanol–water partition coefficient (Wildman–Crippen LogP) is 2.03. The Hall–Kier alpha value is -5.60. The van der Waals surface area contributed by atoms with Gasteiger partial charge in [0.25, 0.3) is 11.8 Å². The summed E-state index contributed by atoms with van der Waals surface area (Å²) in [4.78, 5) is 89.5. The number of nitrogens with zero attached hydrogens (tertiary/aromatic N) is 4. The molecular formula is C29H24N6O11S3. The van der Waals surface area contributed by atoms with Crippen molar-refractivity contribution in [2.75, 3.05) is 11.5 Å². The molecular weight excluding hydrogens is 705 g/mol. The molecule has 20 heteroatoms. The van der Waals surface area contributed by atoms with Crippen molar-refractivity contribution in [3.63, 3.8) is 0 Å². The molecule has 254 valence electrons. The minimum absolute atomic E-state index is 0.0428. The SMILES string of the molecule is CC(=O)Oc1ccc([C@@H](ON=C(C(=O)N[C@@H]2C(=O)N3C(C(=O)O)=C(/C=C\c4cncs4)CS[C@@H]23)c2csc(N)n2)C(=O)O)cc1OC(C)=O. The zero-order valence-electron chi connectivity index (χ0n) is 25.2. The lowest BCUT2D eigenvalue weighted by atomic mass is 10.0. The predicted molar refractivity (Wildman–Crippen MR) is 174 cm³/mol. The van der Waals surface area contributed by atoms with E-state index >= 15 is 0 Å². The number of fused-ring (bicyclic) bond motifs is 1. The highest BCUT2D eigenvalue weighted by molar-refractivity contribution is 8.00. The van der Waals surface area contributed by atoms with Crippen molar-refractivity contribution < 1.29 is 53.3 Å². The highest BCUT2D eigenvalue weighted by atomic mass is 32.2. The summed E-state index contributed by atoms with van der Waals surface area (Å²) in [5, 5.41) is 26.8. The van der Waals surface area contributed by atoms with E-state index in [0.29, 0.717) is 5.57 Å². The molecule has 5 rings (SSSR count). The average molecular weight is 729 g/mol. The highest BCUT2D eigenvalue weighted by Gasteiger charge is 2.54. The molecule has 0 spiro atoms. The van der Waals surface area contributed by atoms with Crippen LogP contribution in [0, 0.1) is 0 Å². The Balaban J connectivity index is 1.39. The number of aromatic nitrogens is 2. The number of benzene rings is 1. The maximum Gasteiger partial charge on any atom is 0.352 e. The second-order valence-corrected chi connectivity index (χ2v) is 12.9. The highest BCUT2D eigenvalue weighted by Crippen LogP contribution is 2.41. The molecule has 17 nitrogen and oxygen atoms in total. The third-order valence-corrected chi connectivity index (χ3v) is 9.34. The number of thioether (sulfide) groups is 1. The zero-order valence-corrected chi connectivity index (χ0v) is 27.7. The Morgan fingerprint density at radius 2 is 1.84 bits per heavy atom. The molecule has 0 unspecified atom stereocenters. The second-order valence-electron chi connectivity index (χ2n) is 10.0. The number of rotatable bonds is 12. The van der Waals surface area contributed by atoms with Crippen molar-refractivity contribution in [1.29, 1.82) is 0 Å². The fourth-order valence-electron chi connectivity index (χ4n) is 4.59. The summed E-state index contributed by atoms with van der Waals surface area (Å²) in [6, 6.07) is 2.32. The topological polar surface area (TPSA) is 250 Å². The number of carbonyl (C=O) groups excluding carboxylic acids is 4. The number of carbonyl (C=O) groups is 6. The normalized spacial score (nSPS) is 18.0. The lowest BCUT2D eigenvalue weighted by molar-refractivity contribution is -0.151. The van der Waals surface area contributed by atoms with Gasteiger partial charge >= 0.3 is 23.9 Å². The van der Waals surface area contributed by atoms with Gasteiger partial charge in [-0.3, -0.25) is 29.1 Å². The van der Waals surface area contributed by atoms with Crippen molar-refractivity contribution in [3.8, 4) is 11.5 Å². The van der Waals surface area contributed by atoms with Gasteiger partial charge in [-0.1, -0.05) is 17.3 Å². The Morgan fingerprint density at radius 3 is 2.45 bits per heavy atom. The molecule has 2 aromatic heterocycles. The Kier molecular flexibility index (Phi) is 10.4. The van der Waals surface area contributed by atoms with Crippen LogP contribution in [-0.4, -0.2) is 83.7 Å². The number of oxime groups is 1. The van der Waals surface area contributed by atoms with E-state index in [0.717, 1.165) is 41.0 Å². The van der Waals surface area contributed by atoms with E-state index in [1.165, 1.54) is 40.6 Å². The van der Waals surface area contributed by atoms with Crippen LogP contribution < -0.4 is 20.5 Å². The first-order chi connectivity index (χ1) is 23.3. The number of aliphatic carboxylic acids is 2. The molecule has 3 aromatic rings. The standard InChI is InChI=1S/C29H24N6O11S3/c1-12(36)44-18-6-4-14(7-19(18)45-13(2)37)23(28(42)43)46-34-20(17-10-48-29(30)32-17)24(38)33-21-25(39)35-22(27(40)41)15(9-47-26(21)35)3-5-16-8-31-11-49-16/h3-8,10-11,21,23,26H,9H2,1-2H3,(H2,30,32)(H,33,38)(H,40,41)(H,42,43)/b5-3-,34-20?/t21-,23-,26+/m1/s1. The number of anilines is 1. The lowest BCUT2D eigenvalue weighted by Gasteiger charge is -2.49. The number of nitrogens with one attached hydrogen (secondary N) is 1. The maximum absolute atomic E-state index is 13.6. The number of carboxylic acid groups (broad SMARTS) is 2. The van der Waals surface area contributed by atoms with Gasteiger partial charge in [0.15, 0.2) is 22.3 Å². The molecule has 0 saturated carbocycles. The van der Waals surface area contributed by atoms with E-state index in [2.05, 4.69) is 20.4 Å². The van der Waals surface area contributed by atoms with E-state index < -0.39 is 58.9 Å². The molecule has 49 heavy (non-hydrogen) atoms. The summed E-state index contributed by atoms with van der Waals surface area (Å²) in [6.07, 6.45) is 3.03. The summed E-state index contributed by atoms with van der Waals surface area (Å²) < 4.78 is 10.1. The third-order valence-electron chi connectivity index (χ3n) is 6.62. The van der Waals surface area contributed by atoms with Crippen LogP contribution in [0.4, 0.5) is 5.13 Å². The van der Waals surface area contributed by atoms with E-state index in [4.69, 9.17) is 20.0 Å². The summed E-state index contributed by atoms with van der Waals surface area (Å²) >= 11 is 3.53. The van der Waals surface area contributed by atoms with Gasteiger partial charge in [-0.25, -0.2) is 14.6 Å². The summed E-state index contributed by atoms with van der Waals surface area (Å²) in [7, 11) is 0. The molecule has 2 amide bonds. The van der Waals surface area contributed by atoms with E-state index in [1.807, 2.05) is 0 Å². The number of carboxylic acids is 2. The van der Waals surface area contributed by atoms with Gasteiger partial charge in [-0.15, -0.1) is 34.4 Å². The molecule has 0 bridgehead atoms. The molecule has 0 radical (unpaired) electrons. The smallest absolute Gasteiger partial charge is 0.352 e. The Labute approximate surface area is 288 Å². The molecule has 3 atom stereocenters. The zero-order chi connectivity index (χ0) is 35.4. The summed E-state index contributed by atoms with van der Waals surface area (Å²) in [6.45, 7) is 2.20. The number of allylic oxidation sites excluding steroid dienone is 1. The number of esters is 2. The van der Waals surface area contributed by atoms with Crippen molar-refractivity contribution in [2.24, 2.45) is 5.16 Å². The van der Waals surface area contributed by atoms with Crippen LogP contribution in [0.1, 0.15) is 36.1 Å². The largest absolute Gasteiger partial charge is 0.478 e. The molecule has 1 aromatic carbocycles. The Morgan fingerprint density at radius 1 is 1.10 bits per heavy atom. The van der Waals surface area contributed by atoms with Crippen molar-refractivity contribution in [2.45, 2.75) is 31.4 Å². The number of β-lactam (4-membered cyclic amide) rings is 1. The van der Waals surface area contributed by atoms with Crippen LogP contribution in [0.2, 0.25) is 0 Å². The van der Waals surface area contributed by atoms with Crippen LogP contribution in [-0.2, 0) is 33.6 Å². The van der Waals surface area contributed by atoms with Gasteiger partial charge in [0.05, 0.1) is 5.51 Å². The first-order valence-corrected chi connectivity index (χ1v) is 16.6. The molecule has 2 aliphatic rings. The number of nitrogen functional groups attached to an aromatic ring is 1.